The highest BCUT2D eigenvalue weighted by Crippen LogP contribution is 2.39. The van der Waals surface area contributed by atoms with Crippen molar-refractivity contribution >= 4 is 11.8 Å². The van der Waals surface area contributed by atoms with Crippen LogP contribution in [0.25, 0.3) is 0 Å². The Balaban J connectivity index is 0.932. The summed E-state index contributed by atoms with van der Waals surface area (Å²) in [5.74, 6) is 1.67. The number of hydrogen-bond acceptors (Lipinski definition) is 8. The van der Waals surface area contributed by atoms with Crippen molar-refractivity contribution in [3.8, 4) is 0 Å². The summed E-state index contributed by atoms with van der Waals surface area (Å²) in [6, 6.07) is 0.403. The van der Waals surface area contributed by atoms with Crippen LogP contribution in [0.3, 0.4) is 0 Å². The Morgan fingerprint density at radius 3 is 2.51 bits per heavy atom. The molecule has 4 saturated heterocycles. The van der Waals surface area contributed by atoms with Crippen LogP contribution < -0.4 is 16.0 Å². The molecule has 0 spiro atoms. The van der Waals surface area contributed by atoms with Crippen LogP contribution in [0.2, 0.25) is 0 Å². The lowest BCUT2D eigenvalue weighted by Gasteiger charge is -2.44. The number of ether oxygens (including phenoxy) is 3. The molecule has 6 rings (SSSR count). The molecule has 244 valence electrons. The first kappa shape index (κ1) is 31.7. The number of aliphatic hydroxyl groups is 1. The molecule has 2 saturated carbocycles. The van der Waals surface area contributed by atoms with E-state index in [1.807, 2.05) is 6.92 Å². The highest BCUT2D eigenvalue weighted by atomic mass is 16.5. The van der Waals surface area contributed by atoms with E-state index in [9.17, 15) is 14.7 Å². The third kappa shape index (κ3) is 7.58. The van der Waals surface area contributed by atoms with E-state index < -0.39 is 6.10 Å². The van der Waals surface area contributed by atoms with Gasteiger partial charge in [-0.2, -0.15) is 0 Å². The average Bonchev–Trinajstić information content (AvgIpc) is 3.29. The fourth-order valence-electron chi connectivity index (χ4n) is 9.05. The lowest BCUT2D eigenvalue weighted by atomic mass is 9.72. The summed E-state index contributed by atoms with van der Waals surface area (Å²) < 4.78 is 18.1. The van der Waals surface area contributed by atoms with Crippen LogP contribution in [0.4, 0.5) is 0 Å². The van der Waals surface area contributed by atoms with Crippen LogP contribution in [-0.2, 0) is 23.8 Å². The number of hydrogen-bond donors (Lipinski definition) is 4. The predicted octanol–water partition coefficient (Wildman–Crippen LogP) is 1.84. The maximum Gasteiger partial charge on any atom is 0.226 e. The van der Waals surface area contributed by atoms with Crippen molar-refractivity contribution in [2.75, 3.05) is 52.6 Å². The second-order valence-electron chi connectivity index (χ2n) is 14.3. The number of aliphatic hydroxyl groups excluding tert-OH is 1. The molecule has 2 bridgehead atoms. The van der Waals surface area contributed by atoms with Crippen molar-refractivity contribution in [1.29, 1.82) is 0 Å². The van der Waals surface area contributed by atoms with Gasteiger partial charge in [0.1, 0.15) is 0 Å². The predicted molar refractivity (Wildman–Crippen MR) is 162 cm³/mol. The number of morpholine rings is 1. The number of nitrogens with one attached hydrogen (secondary N) is 3. The molecule has 10 nitrogen and oxygen atoms in total. The summed E-state index contributed by atoms with van der Waals surface area (Å²) in [5, 5.41) is 21.2. The molecule has 0 radical (unpaired) electrons. The molecule has 10 heteroatoms. The first-order chi connectivity index (χ1) is 21.0. The van der Waals surface area contributed by atoms with Gasteiger partial charge in [-0.3, -0.25) is 9.59 Å². The summed E-state index contributed by atoms with van der Waals surface area (Å²) in [7, 11) is 0. The highest BCUT2D eigenvalue weighted by Gasteiger charge is 2.46. The Hall–Kier alpha value is -1.30. The van der Waals surface area contributed by atoms with Crippen molar-refractivity contribution in [2.24, 2.45) is 29.6 Å². The van der Waals surface area contributed by atoms with Gasteiger partial charge in [0.2, 0.25) is 11.8 Å². The third-order valence-electron chi connectivity index (χ3n) is 11.6. The van der Waals surface area contributed by atoms with E-state index in [1.54, 1.807) is 0 Å². The minimum Gasteiger partial charge on any atom is -0.390 e. The molecular formula is C33H56N4O6. The number of amides is 2. The van der Waals surface area contributed by atoms with Gasteiger partial charge < -0.3 is 40.2 Å². The summed E-state index contributed by atoms with van der Waals surface area (Å²) in [4.78, 5) is 29.0. The van der Waals surface area contributed by atoms with Crippen molar-refractivity contribution in [3.05, 3.63) is 0 Å². The van der Waals surface area contributed by atoms with Crippen molar-refractivity contribution in [1.82, 2.24) is 20.9 Å². The van der Waals surface area contributed by atoms with Gasteiger partial charge in [-0.25, -0.2) is 0 Å². The van der Waals surface area contributed by atoms with Gasteiger partial charge in [0.15, 0.2) is 0 Å². The molecule has 8 unspecified atom stereocenters. The number of rotatable bonds is 10. The fraction of sp³-hybridized carbons (Fsp3) is 0.939. The number of fused-ring (bicyclic) bond motifs is 3. The Bertz CT molecular complexity index is 917. The second kappa shape index (κ2) is 14.9. The number of carbonyl (C=O) groups excluding carboxylic acids is 2. The SMILES string of the molecule is CCOC1CC(C(=O)N2C3CCC2COC3)CCC1C(=O)NC[C@@H](O)[C@@H]1CC2CCC(OCC3CCNCC3)CC2CN1. The normalized spacial score (nSPS) is 39.2. The van der Waals surface area contributed by atoms with Gasteiger partial charge in [-0.1, -0.05) is 0 Å². The van der Waals surface area contributed by atoms with E-state index in [-0.39, 0.29) is 54.4 Å². The lowest BCUT2D eigenvalue weighted by molar-refractivity contribution is -0.152. The van der Waals surface area contributed by atoms with E-state index in [4.69, 9.17) is 14.2 Å². The van der Waals surface area contributed by atoms with E-state index in [1.165, 1.54) is 12.8 Å². The zero-order chi connectivity index (χ0) is 29.8. The zero-order valence-electron chi connectivity index (χ0n) is 26.2. The zero-order valence-corrected chi connectivity index (χ0v) is 26.2. The lowest BCUT2D eigenvalue weighted by Crippen LogP contribution is -2.55. The van der Waals surface area contributed by atoms with Gasteiger partial charge in [-0.15, -0.1) is 0 Å². The fourth-order valence-corrected chi connectivity index (χ4v) is 9.05. The molecule has 4 aliphatic heterocycles. The Kier molecular flexibility index (Phi) is 10.9. The molecule has 2 aliphatic carbocycles. The van der Waals surface area contributed by atoms with Gasteiger partial charge >= 0.3 is 0 Å². The first-order valence-corrected chi connectivity index (χ1v) is 17.5. The summed E-state index contributed by atoms with van der Waals surface area (Å²) in [6.45, 7) is 8.01. The summed E-state index contributed by atoms with van der Waals surface area (Å²) in [5.41, 5.74) is 0. The third-order valence-corrected chi connectivity index (χ3v) is 11.6. The smallest absolute Gasteiger partial charge is 0.226 e. The van der Waals surface area contributed by atoms with Gasteiger partial charge in [0, 0.05) is 31.7 Å². The molecule has 4 heterocycles. The van der Waals surface area contributed by atoms with Crippen LogP contribution in [-0.4, -0.2) is 111 Å². The van der Waals surface area contributed by atoms with Gasteiger partial charge in [0.25, 0.3) is 0 Å². The highest BCUT2D eigenvalue weighted by molar-refractivity contribution is 5.82. The molecule has 2 amide bonds. The average molecular weight is 605 g/mol. The molecular weight excluding hydrogens is 548 g/mol. The number of piperidine rings is 2. The minimum atomic E-state index is -0.626. The van der Waals surface area contributed by atoms with Crippen LogP contribution >= 0.6 is 0 Å². The van der Waals surface area contributed by atoms with Crippen molar-refractivity contribution in [3.63, 3.8) is 0 Å². The van der Waals surface area contributed by atoms with Gasteiger partial charge in [-0.05, 0) is 115 Å². The van der Waals surface area contributed by atoms with E-state index in [0.29, 0.717) is 62.9 Å². The van der Waals surface area contributed by atoms with Crippen LogP contribution in [0.5, 0.6) is 0 Å². The summed E-state index contributed by atoms with van der Waals surface area (Å²) >= 11 is 0. The van der Waals surface area contributed by atoms with Crippen molar-refractivity contribution in [2.45, 2.75) is 114 Å². The maximum absolute atomic E-state index is 13.5. The molecule has 6 aliphatic rings. The number of nitrogens with zero attached hydrogens (tertiary/aromatic N) is 1. The molecule has 43 heavy (non-hydrogen) atoms. The van der Waals surface area contributed by atoms with Crippen LogP contribution in [0.15, 0.2) is 0 Å². The van der Waals surface area contributed by atoms with E-state index in [0.717, 1.165) is 64.8 Å². The van der Waals surface area contributed by atoms with E-state index in [2.05, 4.69) is 20.9 Å². The Labute approximate surface area is 257 Å². The molecule has 0 aromatic carbocycles. The first-order valence-electron chi connectivity index (χ1n) is 17.5. The topological polar surface area (TPSA) is 121 Å². The second-order valence-corrected chi connectivity index (χ2v) is 14.3. The monoisotopic (exact) mass is 604 g/mol. The molecule has 6 fully saturated rings. The Morgan fingerprint density at radius 2 is 1.74 bits per heavy atom. The standard InChI is InChI=1S/C33H56N4O6/c1-2-42-31-15-23(33(40)37-25-5-6-26(37)20-41-19-25)4-8-28(31)32(39)36-17-30(38)29-14-22-3-7-27(13-24(22)16-35-29)43-18-21-9-11-34-12-10-21/h21-31,34-35,38H,2-20H2,1H3,(H,36,39)/t22?,23?,24?,25?,26?,27?,28?,29-,30+,31?/m0/s1. The van der Waals surface area contributed by atoms with Crippen LogP contribution in [0, 0.1) is 29.6 Å². The Morgan fingerprint density at radius 1 is 0.953 bits per heavy atom. The minimum absolute atomic E-state index is 0.00584. The summed E-state index contributed by atoms with van der Waals surface area (Å²) in [6.07, 6.45) is 10.2. The van der Waals surface area contributed by atoms with Crippen LogP contribution in [0.1, 0.15) is 77.6 Å². The van der Waals surface area contributed by atoms with Crippen molar-refractivity contribution < 1.29 is 28.9 Å². The largest absolute Gasteiger partial charge is 0.390 e. The molecule has 0 aromatic rings. The van der Waals surface area contributed by atoms with Gasteiger partial charge in [0.05, 0.1) is 49.5 Å². The quantitative estimate of drug-likeness (QED) is 0.298. The molecule has 10 atom stereocenters. The maximum atomic E-state index is 13.5. The van der Waals surface area contributed by atoms with E-state index >= 15 is 0 Å². The molecule has 4 N–H and O–H groups in total. The number of carbonyl (C=O) groups is 2. The molecule has 0 aromatic heterocycles.